The second-order valence-corrected chi connectivity index (χ2v) is 6.99. The lowest BCUT2D eigenvalue weighted by Gasteiger charge is -2.54. The molecular weight excluding hydrogens is 300 g/mol. The maximum absolute atomic E-state index is 12.4. The number of aromatic nitrogens is 2. The van der Waals surface area contributed by atoms with Crippen molar-refractivity contribution >= 4 is 5.91 Å². The Morgan fingerprint density at radius 1 is 1.04 bits per heavy atom. The van der Waals surface area contributed by atoms with Gasteiger partial charge in [-0.2, -0.15) is 0 Å². The van der Waals surface area contributed by atoms with Gasteiger partial charge in [-0.1, -0.05) is 6.07 Å². The molecule has 5 heteroatoms. The molecule has 1 spiro atoms. The van der Waals surface area contributed by atoms with Gasteiger partial charge >= 0.3 is 0 Å². The molecule has 0 aliphatic carbocycles. The van der Waals surface area contributed by atoms with Gasteiger partial charge in [0.1, 0.15) is 0 Å². The Morgan fingerprint density at radius 3 is 2.46 bits per heavy atom. The molecule has 5 nitrogen and oxygen atoms in total. The van der Waals surface area contributed by atoms with E-state index in [0.29, 0.717) is 5.41 Å². The number of hydrogen-bond donors (Lipinski definition) is 0. The van der Waals surface area contributed by atoms with Gasteiger partial charge in [-0.25, -0.2) is 0 Å². The highest BCUT2D eigenvalue weighted by Gasteiger charge is 2.46. The zero-order valence-corrected chi connectivity index (χ0v) is 13.8. The first-order valence-electron chi connectivity index (χ1n) is 8.56. The van der Waals surface area contributed by atoms with E-state index in [1.165, 1.54) is 12.8 Å². The minimum Gasteiger partial charge on any atom is -0.337 e. The molecule has 0 aromatic carbocycles. The second kappa shape index (κ2) is 6.32. The number of carbonyl (C=O) groups excluding carboxylic acids is 1. The van der Waals surface area contributed by atoms with Crippen molar-refractivity contribution in [1.29, 1.82) is 0 Å². The van der Waals surface area contributed by atoms with E-state index in [-0.39, 0.29) is 5.91 Å². The third-order valence-corrected chi connectivity index (χ3v) is 5.30. The first-order chi connectivity index (χ1) is 11.7. The molecule has 0 bridgehead atoms. The summed E-state index contributed by atoms with van der Waals surface area (Å²) < 4.78 is 0. The van der Waals surface area contributed by atoms with Gasteiger partial charge < -0.3 is 4.90 Å². The molecule has 0 unspecified atom stereocenters. The number of hydrogen-bond acceptors (Lipinski definition) is 4. The molecular formula is C19H22N4O. The molecule has 1 amide bonds. The lowest BCUT2D eigenvalue weighted by Crippen LogP contribution is -2.61. The fourth-order valence-corrected chi connectivity index (χ4v) is 3.81. The van der Waals surface area contributed by atoms with E-state index in [0.717, 1.165) is 44.0 Å². The van der Waals surface area contributed by atoms with Crippen molar-refractivity contribution < 1.29 is 4.79 Å². The number of carbonyl (C=O) groups is 1. The van der Waals surface area contributed by atoms with Gasteiger partial charge in [-0.05, 0) is 50.2 Å². The average Bonchev–Trinajstić information content (AvgIpc) is 2.62. The predicted octanol–water partition coefficient (Wildman–Crippen LogP) is 2.21. The lowest BCUT2D eigenvalue weighted by molar-refractivity contribution is -0.0338. The van der Waals surface area contributed by atoms with Gasteiger partial charge in [0.05, 0.1) is 5.69 Å². The van der Waals surface area contributed by atoms with Crippen LogP contribution in [0.4, 0.5) is 0 Å². The van der Waals surface area contributed by atoms with E-state index in [9.17, 15) is 4.79 Å². The van der Waals surface area contributed by atoms with Crippen LogP contribution in [0.2, 0.25) is 0 Å². The van der Waals surface area contributed by atoms with E-state index in [2.05, 4.69) is 20.9 Å². The van der Waals surface area contributed by atoms with Crippen LogP contribution < -0.4 is 0 Å². The van der Waals surface area contributed by atoms with Crippen molar-refractivity contribution in [2.75, 3.05) is 26.2 Å². The van der Waals surface area contributed by atoms with E-state index >= 15 is 0 Å². The first-order valence-corrected chi connectivity index (χ1v) is 8.56. The van der Waals surface area contributed by atoms with Crippen LogP contribution in [0.5, 0.6) is 0 Å². The van der Waals surface area contributed by atoms with Gasteiger partial charge in [0, 0.05) is 49.2 Å². The van der Waals surface area contributed by atoms with Crippen LogP contribution in [0.3, 0.4) is 0 Å². The van der Waals surface area contributed by atoms with Crippen LogP contribution >= 0.6 is 0 Å². The summed E-state index contributed by atoms with van der Waals surface area (Å²) in [5.74, 6) is 0.138. The SMILES string of the molecule is O=C(c1ccncc1)N1CC2(CCN(Cc3ccccn3)CC2)C1. The Morgan fingerprint density at radius 2 is 1.79 bits per heavy atom. The first kappa shape index (κ1) is 15.3. The quantitative estimate of drug-likeness (QED) is 0.869. The van der Waals surface area contributed by atoms with Crippen molar-refractivity contribution in [3.63, 3.8) is 0 Å². The van der Waals surface area contributed by atoms with Crippen LogP contribution in [0.15, 0.2) is 48.9 Å². The molecule has 2 aliphatic heterocycles. The Labute approximate surface area is 142 Å². The number of piperidine rings is 1. The van der Waals surface area contributed by atoms with Crippen molar-refractivity contribution in [2.45, 2.75) is 19.4 Å². The molecule has 0 N–H and O–H groups in total. The molecule has 2 aliphatic rings. The Kier molecular flexibility index (Phi) is 4.02. The fraction of sp³-hybridized carbons (Fsp3) is 0.421. The zero-order valence-electron chi connectivity index (χ0n) is 13.8. The number of pyridine rings is 2. The third-order valence-electron chi connectivity index (χ3n) is 5.30. The van der Waals surface area contributed by atoms with Gasteiger partial charge in [-0.3, -0.25) is 19.7 Å². The summed E-state index contributed by atoms with van der Waals surface area (Å²) in [5.41, 5.74) is 2.22. The minimum atomic E-state index is 0.138. The largest absolute Gasteiger partial charge is 0.337 e. The summed E-state index contributed by atoms with van der Waals surface area (Å²) in [6.45, 7) is 4.90. The van der Waals surface area contributed by atoms with Crippen LogP contribution in [-0.2, 0) is 6.54 Å². The minimum absolute atomic E-state index is 0.138. The lowest BCUT2D eigenvalue weighted by atomic mass is 9.71. The molecule has 0 atom stereocenters. The van der Waals surface area contributed by atoms with Crippen molar-refractivity contribution in [2.24, 2.45) is 5.41 Å². The summed E-state index contributed by atoms with van der Waals surface area (Å²) in [4.78, 5) is 25.3. The third kappa shape index (κ3) is 3.04. The van der Waals surface area contributed by atoms with E-state index in [4.69, 9.17) is 0 Å². The topological polar surface area (TPSA) is 49.3 Å². The van der Waals surface area contributed by atoms with Crippen LogP contribution in [0.1, 0.15) is 28.9 Å². The van der Waals surface area contributed by atoms with E-state index < -0.39 is 0 Å². The molecule has 4 heterocycles. The van der Waals surface area contributed by atoms with Gasteiger partial charge in [0.15, 0.2) is 0 Å². The zero-order chi connectivity index (χ0) is 16.4. The maximum atomic E-state index is 12.4. The molecule has 2 saturated heterocycles. The number of nitrogens with zero attached hydrogens (tertiary/aromatic N) is 4. The molecule has 0 radical (unpaired) electrons. The molecule has 2 aromatic rings. The Balaban J connectivity index is 1.29. The highest BCUT2D eigenvalue weighted by atomic mass is 16.2. The molecule has 2 fully saturated rings. The molecule has 0 saturated carbocycles. The van der Waals surface area contributed by atoms with Gasteiger partial charge in [0.25, 0.3) is 5.91 Å². The summed E-state index contributed by atoms with van der Waals surface area (Å²) in [7, 11) is 0. The van der Waals surface area contributed by atoms with Crippen molar-refractivity contribution in [3.05, 3.63) is 60.2 Å². The molecule has 24 heavy (non-hydrogen) atoms. The number of amides is 1. The van der Waals surface area contributed by atoms with Gasteiger partial charge in [0.2, 0.25) is 0 Å². The molecule has 2 aromatic heterocycles. The highest BCUT2D eigenvalue weighted by Crippen LogP contribution is 2.41. The van der Waals surface area contributed by atoms with Crippen LogP contribution in [0, 0.1) is 5.41 Å². The monoisotopic (exact) mass is 322 g/mol. The number of likely N-dealkylation sites (tertiary alicyclic amines) is 2. The predicted molar refractivity (Wildman–Crippen MR) is 91.3 cm³/mol. The standard InChI is InChI=1S/C19H22N4O/c24-18(16-4-9-20-10-5-16)23-14-19(15-23)6-11-22(12-7-19)13-17-3-1-2-8-21-17/h1-5,8-10H,6-7,11-15H2. The van der Waals surface area contributed by atoms with Crippen molar-refractivity contribution in [3.8, 4) is 0 Å². The van der Waals surface area contributed by atoms with Crippen molar-refractivity contribution in [1.82, 2.24) is 19.8 Å². The van der Waals surface area contributed by atoms with Crippen LogP contribution in [0.25, 0.3) is 0 Å². The normalized spacial score (nSPS) is 19.9. The van der Waals surface area contributed by atoms with E-state index in [1.807, 2.05) is 23.2 Å². The Hall–Kier alpha value is -2.27. The Bertz CT molecular complexity index is 688. The highest BCUT2D eigenvalue weighted by molar-refractivity contribution is 5.94. The molecule has 4 rings (SSSR count). The summed E-state index contributed by atoms with van der Waals surface area (Å²) in [6.07, 6.45) is 7.55. The fourth-order valence-electron chi connectivity index (χ4n) is 3.81. The summed E-state index contributed by atoms with van der Waals surface area (Å²) >= 11 is 0. The van der Waals surface area contributed by atoms with E-state index in [1.54, 1.807) is 24.5 Å². The second-order valence-electron chi connectivity index (χ2n) is 6.99. The smallest absolute Gasteiger partial charge is 0.254 e. The molecule has 124 valence electrons. The number of rotatable bonds is 3. The average molecular weight is 322 g/mol. The summed E-state index contributed by atoms with van der Waals surface area (Å²) in [5, 5.41) is 0. The van der Waals surface area contributed by atoms with Gasteiger partial charge in [-0.15, -0.1) is 0 Å². The summed E-state index contributed by atoms with van der Waals surface area (Å²) in [6, 6.07) is 9.67. The van der Waals surface area contributed by atoms with Crippen LogP contribution in [-0.4, -0.2) is 51.9 Å². The maximum Gasteiger partial charge on any atom is 0.254 e.